The van der Waals surface area contributed by atoms with Gasteiger partial charge in [-0.05, 0) is 12.3 Å². The molecule has 3 atom stereocenters. The number of carbonyl (C=O) groups is 2. The Balaban J connectivity index is 2.25. The zero-order valence-corrected chi connectivity index (χ0v) is 12.9. The maximum absolute atomic E-state index is 12.7. The Morgan fingerprint density at radius 1 is 1.45 bits per heavy atom. The Hall–Kier alpha value is -1.43. The van der Waals surface area contributed by atoms with Crippen molar-refractivity contribution in [2.45, 2.75) is 45.7 Å². The topological polar surface area (TPSA) is 62.3 Å². The number of carbonyl (C=O) groups excluding carboxylic acids is 2. The highest BCUT2D eigenvalue weighted by Gasteiger charge is 2.39. The average Bonchev–Trinajstić information content (AvgIpc) is 2.96. The van der Waals surface area contributed by atoms with Crippen LogP contribution >= 0.6 is 11.3 Å². The first-order valence-electron chi connectivity index (χ1n) is 7.07. The van der Waals surface area contributed by atoms with Gasteiger partial charge in [-0.2, -0.15) is 0 Å². The van der Waals surface area contributed by atoms with Crippen LogP contribution in [0.15, 0.2) is 11.6 Å². The van der Waals surface area contributed by atoms with Crippen LogP contribution in [0.5, 0.6) is 0 Å². The predicted octanol–water partition coefficient (Wildman–Crippen LogP) is 1.97. The van der Waals surface area contributed by atoms with E-state index >= 15 is 0 Å². The quantitative estimate of drug-likeness (QED) is 0.903. The van der Waals surface area contributed by atoms with Crippen molar-refractivity contribution in [1.29, 1.82) is 0 Å². The van der Waals surface area contributed by atoms with Crippen LogP contribution in [0.1, 0.15) is 44.7 Å². The molecule has 0 aromatic carbocycles. The molecule has 0 radical (unpaired) electrons. The van der Waals surface area contributed by atoms with Crippen LogP contribution in [-0.4, -0.2) is 34.3 Å². The molecule has 0 bridgehead atoms. The van der Waals surface area contributed by atoms with E-state index in [0.29, 0.717) is 0 Å². The molecule has 1 aromatic heterocycles. The van der Waals surface area contributed by atoms with Gasteiger partial charge in [0.1, 0.15) is 17.6 Å². The normalized spacial score (nSPS) is 22.6. The van der Waals surface area contributed by atoms with E-state index in [-0.39, 0.29) is 30.3 Å². The summed E-state index contributed by atoms with van der Waals surface area (Å²) in [5.41, 5.74) is 0. The number of amides is 2. The van der Waals surface area contributed by atoms with E-state index in [1.807, 2.05) is 26.2 Å². The summed E-state index contributed by atoms with van der Waals surface area (Å²) in [6, 6.07) is -0.504. The summed E-state index contributed by atoms with van der Waals surface area (Å²) < 4.78 is 0. The molecule has 110 valence electrons. The first-order valence-corrected chi connectivity index (χ1v) is 7.95. The lowest BCUT2D eigenvalue weighted by molar-refractivity contribution is -0.148. The van der Waals surface area contributed by atoms with Gasteiger partial charge in [-0.25, -0.2) is 4.98 Å². The van der Waals surface area contributed by atoms with Gasteiger partial charge in [0.25, 0.3) is 0 Å². The highest BCUT2D eigenvalue weighted by atomic mass is 32.1. The molecule has 3 unspecified atom stereocenters. The third-order valence-corrected chi connectivity index (χ3v) is 4.77. The fourth-order valence-corrected chi connectivity index (χ4v) is 3.34. The van der Waals surface area contributed by atoms with Crippen molar-refractivity contribution in [1.82, 2.24) is 15.2 Å². The zero-order chi connectivity index (χ0) is 14.7. The van der Waals surface area contributed by atoms with Gasteiger partial charge >= 0.3 is 0 Å². The number of aromatic nitrogens is 1. The molecule has 6 heteroatoms. The second kappa shape index (κ2) is 6.35. The maximum Gasteiger partial charge on any atom is 0.246 e. The molecule has 2 amide bonds. The van der Waals surface area contributed by atoms with Gasteiger partial charge in [0.05, 0.1) is 6.04 Å². The Kier molecular flexibility index (Phi) is 4.75. The monoisotopic (exact) mass is 295 g/mol. The van der Waals surface area contributed by atoms with Gasteiger partial charge < -0.3 is 10.2 Å². The molecule has 1 fully saturated rings. The number of nitrogens with one attached hydrogen (secondary N) is 1. The molecule has 20 heavy (non-hydrogen) atoms. The number of rotatable bonds is 5. The van der Waals surface area contributed by atoms with Crippen LogP contribution in [-0.2, 0) is 9.59 Å². The van der Waals surface area contributed by atoms with Crippen molar-refractivity contribution in [3.63, 3.8) is 0 Å². The van der Waals surface area contributed by atoms with Crippen molar-refractivity contribution in [3.05, 3.63) is 16.6 Å². The third kappa shape index (κ3) is 2.85. The Morgan fingerprint density at radius 3 is 2.75 bits per heavy atom. The molecule has 0 saturated carbocycles. The van der Waals surface area contributed by atoms with Gasteiger partial charge in [0, 0.05) is 11.6 Å². The van der Waals surface area contributed by atoms with Crippen molar-refractivity contribution >= 4 is 23.2 Å². The van der Waals surface area contributed by atoms with Crippen LogP contribution in [0.25, 0.3) is 0 Å². The summed E-state index contributed by atoms with van der Waals surface area (Å²) in [4.78, 5) is 30.6. The highest BCUT2D eigenvalue weighted by molar-refractivity contribution is 7.09. The minimum atomic E-state index is -0.407. The van der Waals surface area contributed by atoms with E-state index in [1.165, 1.54) is 11.3 Å². The van der Waals surface area contributed by atoms with Gasteiger partial charge in [0.2, 0.25) is 11.8 Å². The van der Waals surface area contributed by atoms with E-state index in [0.717, 1.165) is 17.8 Å². The lowest BCUT2D eigenvalue weighted by Gasteiger charge is -2.38. The summed E-state index contributed by atoms with van der Waals surface area (Å²) in [6.45, 7) is 6.17. The maximum atomic E-state index is 12.7. The van der Waals surface area contributed by atoms with Crippen LogP contribution in [0.4, 0.5) is 0 Å². The lowest BCUT2D eigenvalue weighted by Crippen LogP contribution is -2.60. The molecular formula is C14H21N3O2S. The fourth-order valence-electron chi connectivity index (χ4n) is 2.50. The minimum absolute atomic E-state index is 0.0148. The van der Waals surface area contributed by atoms with E-state index in [4.69, 9.17) is 0 Å². The highest BCUT2D eigenvalue weighted by Crippen LogP contribution is 2.28. The van der Waals surface area contributed by atoms with Crippen LogP contribution in [0.3, 0.4) is 0 Å². The minimum Gasteiger partial charge on any atom is -0.342 e. The number of piperazine rings is 1. The second-order valence-electron chi connectivity index (χ2n) is 5.19. The molecule has 2 rings (SSSR count). The molecule has 0 spiro atoms. The predicted molar refractivity (Wildman–Crippen MR) is 78.2 cm³/mol. The van der Waals surface area contributed by atoms with Crippen LogP contribution < -0.4 is 5.32 Å². The summed E-state index contributed by atoms with van der Waals surface area (Å²) in [5, 5.41) is 5.63. The summed E-state index contributed by atoms with van der Waals surface area (Å²) in [6.07, 6.45) is 3.36. The largest absolute Gasteiger partial charge is 0.342 e. The fraction of sp³-hybridized carbons (Fsp3) is 0.643. The molecule has 1 aliphatic rings. The second-order valence-corrected chi connectivity index (χ2v) is 6.12. The van der Waals surface area contributed by atoms with Crippen LogP contribution in [0.2, 0.25) is 0 Å². The van der Waals surface area contributed by atoms with Crippen LogP contribution in [0, 0.1) is 5.92 Å². The first kappa shape index (κ1) is 15.0. The Morgan fingerprint density at radius 2 is 2.20 bits per heavy atom. The number of nitrogens with zero attached hydrogens (tertiary/aromatic N) is 2. The summed E-state index contributed by atoms with van der Waals surface area (Å²) in [7, 11) is 0. The first-order chi connectivity index (χ1) is 9.58. The SMILES string of the molecule is CCC(C)C1NC(=O)CN(C(CC)c2nccs2)C1=O. The summed E-state index contributed by atoms with van der Waals surface area (Å²) >= 11 is 1.53. The molecule has 5 nitrogen and oxygen atoms in total. The van der Waals surface area contributed by atoms with Gasteiger partial charge in [-0.15, -0.1) is 11.3 Å². The average molecular weight is 295 g/mol. The molecule has 1 aliphatic heterocycles. The van der Waals surface area contributed by atoms with Gasteiger partial charge in [0.15, 0.2) is 0 Å². The zero-order valence-electron chi connectivity index (χ0n) is 12.1. The third-order valence-electron chi connectivity index (χ3n) is 3.89. The molecular weight excluding hydrogens is 274 g/mol. The van der Waals surface area contributed by atoms with Crippen molar-refractivity contribution in [2.75, 3.05) is 6.54 Å². The van der Waals surface area contributed by atoms with Gasteiger partial charge in [-0.1, -0.05) is 27.2 Å². The number of thiazole rings is 1. The smallest absolute Gasteiger partial charge is 0.246 e. The molecule has 0 aliphatic carbocycles. The number of hydrogen-bond donors (Lipinski definition) is 1. The van der Waals surface area contributed by atoms with Crippen molar-refractivity contribution in [3.8, 4) is 0 Å². The van der Waals surface area contributed by atoms with E-state index in [1.54, 1.807) is 11.1 Å². The summed E-state index contributed by atoms with van der Waals surface area (Å²) in [5.74, 6) is 0.0777. The Bertz CT molecular complexity index is 475. The number of hydrogen-bond acceptors (Lipinski definition) is 4. The van der Waals surface area contributed by atoms with Crippen molar-refractivity contribution < 1.29 is 9.59 Å². The lowest BCUT2D eigenvalue weighted by atomic mass is 9.95. The molecule has 1 aromatic rings. The van der Waals surface area contributed by atoms with E-state index in [9.17, 15) is 9.59 Å². The van der Waals surface area contributed by atoms with Gasteiger partial charge in [-0.3, -0.25) is 9.59 Å². The Labute approximate surface area is 123 Å². The molecule has 2 heterocycles. The van der Waals surface area contributed by atoms with Crippen molar-refractivity contribution in [2.24, 2.45) is 5.92 Å². The van der Waals surface area contributed by atoms with E-state index in [2.05, 4.69) is 10.3 Å². The standard InChI is InChI=1S/C14H21N3O2S/c1-4-9(3)12-14(19)17(8-11(18)16-12)10(5-2)13-15-6-7-20-13/h6-7,9-10,12H,4-5,8H2,1-3H3,(H,16,18). The molecule has 1 N–H and O–H groups in total. The molecule has 1 saturated heterocycles. The van der Waals surface area contributed by atoms with E-state index < -0.39 is 6.04 Å².